The number of nitrogens with zero attached hydrogens (tertiary/aromatic N) is 2. The van der Waals surface area contributed by atoms with E-state index in [1.807, 2.05) is 47.4 Å². The van der Waals surface area contributed by atoms with E-state index >= 15 is 0 Å². The molecule has 1 heterocycles. The molecule has 0 aliphatic carbocycles. The number of benzene rings is 2. The van der Waals surface area contributed by atoms with E-state index in [2.05, 4.69) is 13.8 Å². The first-order valence-electron chi connectivity index (χ1n) is 9.76. The second-order valence-electron chi connectivity index (χ2n) is 7.25. The summed E-state index contributed by atoms with van der Waals surface area (Å²) in [6.45, 7) is 4.96. The van der Waals surface area contributed by atoms with E-state index in [9.17, 15) is 14.4 Å². The van der Waals surface area contributed by atoms with E-state index in [-0.39, 0.29) is 30.3 Å². The summed E-state index contributed by atoms with van der Waals surface area (Å²) in [5.74, 6) is -0.273. The lowest BCUT2D eigenvalue weighted by Crippen LogP contribution is -2.37. The zero-order valence-electron chi connectivity index (χ0n) is 16.4. The summed E-state index contributed by atoms with van der Waals surface area (Å²) in [6, 6.07) is 17.3. The Labute approximate surface area is 166 Å². The van der Waals surface area contributed by atoms with Gasteiger partial charge in [0.1, 0.15) is 0 Å². The van der Waals surface area contributed by atoms with Gasteiger partial charge in [-0.25, -0.2) is 0 Å². The molecule has 0 N–H and O–H groups in total. The summed E-state index contributed by atoms with van der Waals surface area (Å²) in [6.07, 6.45) is 1.45. The lowest BCUT2D eigenvalue weighted by atomic mass is 10.1. The molecule has 1 saturated heterocycles. The maximum atomic E-state index is 13.1. The highest BCUT2D eigenvalue weighted by Crippen LogP contribution is 2.19. The van der Waals surface area contributed by atoms with Crippen molar-refractivity contribution in [3.8, 4) is 0 Å². The molecule has 2 aromatic rings. The lowest BCUT2D eigenvalue weighted by Gasteiger charge is -2.29. The maximum Gasteiger partial charge on any atom is 0.254 e. The van der Waals surface area contributed by atoms with Crippen LogP contribution in [0.2, 0.25) is 0 Å². The van der Waals surface area contributed by atoms with Gasteiger partial charge in [-0.05, 0) is 36.6 Å². The summed E-state index contributed by atoms with van der Waals surface area (Å²) in [4.78, 5) is 39.9. The van der Waals surface area contributed by atoms with Crippen molar-refractivity contribution < 1.29 is 14.4 Å². The predicted molar refractivity (Wildman–Crippen MR) is 107 cm³/mol. The number of carbonyl (C=O) groups excluding carboxylic acids is 3. The molecule has 1 fully saturated rings. The minimum atomic E-state index is -0.129. The first-order valence-corrected chi connectivity index (χ1v) is 9.76. The Bertz CT molecular complexity index is 830. The highest BCUT2D eigenvalue weighted by atomic mass is 16.2. The minimum absolute atomic E-state index is 0.0157. The fraction of sp³-hybridized carbons (Fsp3) is 0.348. The number of imide groups is 1. The van der Waals surface area contributed by atoms with Gasteiger partial charge in [-0.3, -0.25) is 19.3 Å². The highest BCUT2D eigenvalue weighted by molar-refractivity contribution is 6.01. The molecule has 0 spiro atoms. The third-order valence-corrected chi connectivity index (χ3v) is 5.28. The van der Waals surface area contributed by atoms with Gasteiger partial charge in [0.2, 0.25) is 11.8 Å². The van der Waals surface area contributed by atoms with Crippen LogP contribution in [-0.4, -0.2) is 33.6 Å². The average molecular weight is 378 g/mol. The first kappa shape index (κ1) is 19.8. The molecule has 5 heteroatoms. The normalized spacial score (nSPS) is 15.0. The van der Waals surface area contributed by atoms with Crippen LogP contribution >= 0.6 is 0 Å². The van der Waals surface area contributed by atoms with Crippen molar-refractivity contribution >= 4 is 17.7 Å². The molecule has 0 bridgehead atoms. The van der Waals surface area contributed by atoms with Gasteiger partial charge < -0.3 is 4.90 Å². The molecular weight excluding hydrogens is 352 g/mol. The summed E-state index contributed by atoms with van der Waals surface area (Å²) in [5.41, 5.74) is 2.55. The lowest BCUT2D eigenvalue weighted by molar-refractivity contribution is -0.139. The predicted octanol–water partition coefficient (Wildman–Crippen LogP) is 3.78. The highest BCUT2D eigenvalue weighted by Gasteiger charge is 2.28. The molecule has 1 aliphatic rings. The summed E-state index contributed by atoms with van der Waals surface area (Å²) >= 11 is 0. The molecule has 5 nitrogen and oxygen atoms in total. The maximum absolute atomic E-state index is 13.1. The van der Waals surface area contributed by atoms with Gasteiger partial charge in [0, 0.05) is 31.0 Å². The van der Waals surface area contributed by atoms with Crippen LogP contribution in [0.4, 0.5) is 0 Å². The van der Waals surface area contributed by atoms with Gasteiger partial charge in [0.15, 0.2) is 0 Å². The van der Waals surface area contributed by atoms with Gasteiger partial charge in [-0.2, -0.15) is 0 Å². The SMILES string of the molecule is CC[C@@H](C)N(Cc1ccccc1)C(=O)c1ccc(CN2C(=O)CCC2=O)cc1. The standard InChI is InChI=1S/C23H26N2O3/c1-3-17(2)24(15-18-7-5-4-6-8-18)23(28)20-11-9-19(10-12-20)16-25-21(26)13-14-22(25)27/h4-12,17H,3,13-16H2,1-2H3/t17-/m1/s1. The van der Waals surface area contributed by atoms with Crippen LogP contribution in [-0.2, 0) is 22.7 Å². The number of hydrogen-bond acceptors (Lipinski definition) is 3. The fourth-order valence-corrected chi connectivity index (χ4v) is 3.33. The Hall–Kier alpha value is -2.95. The van der Waals surface area contributed by atoms with Gasteiger partial charge in [0.05, 0.1) is 6.54 Å². The van der Waals surface area contributed by atoms with Crippen molar-refractivity contribution in [2.75, 3.05) is 0 Å². The topological polar surface area (TPSA) is 57.7 Å². The third-order valence-electron chi connectivity index (χ3n) is 5.28. The quantitative estimate of drug-likeness (QED) is 0.689. The fourth-order valence-electron chi connectivity index (χ4n) is 3.33. The first-order chi connectivity index (χ1) is 13.5. The van der Waals surface area contributed by atoms with Crippen molar-refractivity contribution in [2.45, 2.75) is 52.2 Å². The van der Waals surface area contributed by atoms with E-state index in [0.29, 0.717) is 24.9 Å². The Kier molecular flexibility index (Phi) is 6.24. The number of carbonyl (C=O) groups is 3. The Balaban J connectivity index is 1.73. The second kappa shape index (κ2) is 8.83. The zero-order valence-corrected chi connectivity index (χ0v) is 16.4. The number of hydrogen-bond donors (Lipinski definition) is 0. The molecule has 0 unspecified atom stereocenters. The van der Waals surface area contributed by atoms with E-state index in [1.54, 1.807) is 12.1 Å². The monoisotopic (exact) mass is 378 g/mol. The summed E-state index contributed by atoms with van der Waals surface area (Å²) in [7, 11) is 0. The molecule has 3 rings (SSSR count). The Morgan fingerprint density at radius 1 is 0.964 bits per heavy atom. The van der Waals surface area contributed by atoms with Gasteiger partial charge in [-0.15, -0.1) is 0 Å². The van der Waals surface area contributed by atoms with E-state index in [0.717, 1.165) is 17.5 Å². The number of likely N-dealkylation sites (tertiary alicyclic amines) is 1. The van der Waals surface area contributed by atoms with Crippen LogP contribution < -0.4 is 0 Å². The van der Waals surface area contributed by atoms with Crippen LogP contribution in [0.5, 0.6) is 0 Å². The largest absolute Gasteiger partial charge is 0.332 e. The molecule has 0 radical (unpaired) electrons. The second-order valence-corrected chi connectivity index (χ2v) is 7.25. The number of rotatable bonds is 7. The molecule has 0 saturated carbocycles. The molecular formula is C23H26N2O3. The van der Waals surface area contributed by atoms with E-state index in [4.69, 9.17) is 0 Å². The van der Waals surface area contributed by atoms with E-state index < -0.39 is 0 Å². The zero-order chi connectivity index (χ0) is 20.1. The molecule has 28 heavy (non-hydrogen) atoms. The van der Waals surface area contributed by atoms with Gasteiger partial charge in [-0.1, -0.05) is 49.4 Å². The Morgan fingerprint density at radius 3 is 2.14 bits per heavy atom. The Morgan fingerprint density at radius 2 is 1.57 bits per heavy atom. The number of amides is 3. The van der Waals surface area contributed by atoms with Crippen molar-refractivity contribution in [1.82, 2.24) is 9.80 Å². The van der Waals surface area contributed by atoms with Gasteiger partial charge >= 0.3 is 0 Å². The molecule has 3 amide bonds. The molecule has 1 atom stereocenters. The van der Waals surface area contributed by atoms with Gasteiger partial charge in [0.25, 0.3) is 5.91 Å². The van der Waals surface area contributed by atoms with Crippen LogP contribution in [0, 0.1) is 0 Å². The summed E-state index contributed by atoms with van der Waals surface area (Å²) in [5, 5.41) is 0. The minimum Gasteiger partial charge on any atom is -0.332 e. The van der Waals surface area contributed by atoms with Crippen LogP contribution in [0.1, 0.15) is 54.6 Å². The smallest absolute Gasteiger partial charge is 0.254 e. The van der Waals surface area contributed by atoms with Crippen molar-refractivity contribution in [3.05, 3.63) is 71.3 Å². The average Bonchev–Trinajstić information content (AvgIpc) is 3.04. The molecule has 146 valence electrons. The van der Waals surface area contributed by atoms with Crippen molar-refractivity contribution in [1.29, 1.82) is 0 Å². The van der Waals surface area contributed by atoms with Crippen LogP contribution in [0.3, 0.4) is 0 Å². The molecule has 1 aliphatic heterocycles. The van der Waals surface area contributed by atoms with Crippen LogP contribution in [0.15, 0.2) is 54.6 Å². The summed E-state index contributed by atoms with van der Waals surface area (Å²) < 4.78 is 0. The van der Waals surface area contributed by atoms with Crippen molar-refractivity contribution in [3.63, 3.8) is 0 Å². The molecule has 2 aromatic carbocycles. The van der Waals surface area contributed by atoms with Crippen LogP contribution in [0.25, 0.3) is 0 Å². The van der Waals surface area contributed by atoms with Crippen molar-refractivity contribution in [2.24, 2.45) is 0 Å². The molecule has 0 aromatic heterocycles. The third kappa shape index (κ3) is 4.47. The van der Waals surface area contributed by atoms with E-state index in [1.165, 1.54) is 4.90 Å².